The maximum absolute atomic E-state index is 12.5. The fourth-order valence-electron chi connectivity index (χ4n) is 2.43. The highest BCUT2D eigenvalue weighted by Crippen LogP contribution is 2.26. The number of fused-ring (bicyclic) bond motifs is 1. The number of hydrogen-bond acceptors (Lipinski definition) is 6. The van der Waals surface area contributed by atoms with E-state index in [9.17, 15) is 4.79 Å². The normalized spacial score (nSPS) is 20.4. The van der Waals surface area contributed by atoms with Crippen LogP contribution in [0.3, 0.4) is 0 Å². The third-order valence-corrected chi connectivity index (χ3v) is 4.62. The summed E-state index contributed by atoms with van der Waals surface area (Å²) in [5, 5.41) is 17.1. The Bertz CT molecular complexity index is 678. The van der Waals surface area contributed by atoms with Gasteiger partial charge in [0.05, 0.1) is 0 Å². The fraction of sp³-hybridized carbons (Fsp3) is 0.692. The van der Waals surface area contributed by atoms with Crippen LogP contribution >= 0.6 is 11.3 Å². The molecular weight excluding hydrogens is 274 g/mol. The van der Waals surface area contributed by atoms with Crippen molar-refractivity contribution >= 4 is 16.3 Å². The molecule has 3 heterocycles. The van der Waals surface area contributed by atoms with Gasteiger partial charge in [-0.1, -0.05) is 32.1 Å². The second-order valence-corrected chi connectivity index (χ2v) is 7.27. The monoisotopic (exact) mass is 293 g/mol. The average molecular weight is 293 g/mol. The first-order chi connectivity index (χ1) is 9.47. The molecule has 2 aromatic rings. The van der Waals surface area contributed by atoms with E-state index in [1.54, 1.807) is 0 Å². The molecule has 0 spiro atoms. The van der Waals surface area contributed by atoms with E-state index in [1.807, 2.05) is 20.8 Å². The van der Waals surface area contributed by atoms with Crippen molar-refractivity contribution < 1.29 is 0 Å². The first kappa shape index (κ1) is 13.6. The fourth-order valence-corrected chi connectivity index (χ4v) is 3.40. The van der Waals surface area contributed by atoms with E-state index < -0.39 is 0 Å². The van der Waals surface area contributed by atoms with Gasteiger partial charge in [0.2, 0.25) is 4.96 Å². The van der Waals surface area contributed by atoms with Gasteiger partial charge in [-0.2, -0.15) is 9.61 Å². The SMILES string of the molecule is CC(C)(C)c1nnc2sc(C3CCCNC3)nn2c1=O. The molecule has 0 amide bonds. The predicted octanol–water partition coefficient (Wildman–Crippen LogP) is 1.31. The molecule has 1 unspecified atom stereocenters. The summed E-state index contributed by atoms with van der Waals surface area (Å²) in [5.41, 5.74) is 0.00365. The van der Waals surface area contributed by atoms with Gasteiger partial charge in [-0.15, -0.1) is 10.2 Å². The lowest BCUT2D eigenvalue weighted by Gasteiger charge is -2.19. The summed E-state index contributed by atoms with van der Waals surface area (Å²) in [7, 11) is 0. The molecule has 0 bridgehead atoms. The standard InChI is InChI=1S/C13H19N5OS/c1-13(2,3)9-11(19)18-12(16-15-9)20-10(17-18)8-5-4-6-14-7-8/h8,14H,4-7H2,1-3H3. The third-order valence-electron chi connectivity index (χ3n) is 3.56. The van der Waals surface area contributed by atoms with Gasteiger partial charge in [0.25, 0.3) is 5.56 Å². The molecule has 108 valence electrons. The molecule has 0 radical (unpaired) electrons. The largest absolute Gasteiger partial charge is 0.316 e. The van der Waals surface area contributed by atoms with Crippen molar-refractivity contribution in [3.63, 3.8) is 0 Å². The minimum atomic E-state index is -0.318. The number of aromatic nitrogens is 4. The maximum Gasteiger partial charge on any atom is 0.297 e. The molecule has 1 aliphatic heterocycles. The smallest absolute Gasteiger partial charge is 0.297 e. The van der Waals surface area contributed by atoms with Gasteiger partial charge < -0.3 is 5.32 Å². The van der Waals surface area contributed by atoms with Gasteiger partial charge in [-0.25, -0.2) is 0 Å². The van der Waals surface area contributed by atoms with Crippen molar-refractivity contribution in [2.45, 2.75) is 44.9 Å². The summed E-state index contributed by atoms with van der Waals surface area (Å²) in [6, 6.07) is 0. The molecule has 2 aromatic heterocycles. The average Bonchev–Trinajstić information content (AvgIpc) is 2.83. The Labute approximate surface area is 121 Å². The third kappa shape index (κ3) is 2.35. The van der Waals surface area contributed by atoms with Crippen molar-refractivity contribution in [2.24, 2.45) is 0 Å². The van der Waals surface area contributed by atoms with E-state index in [1.165, 1.54) is 15.9 Å². The first-order valence-electron chi connectivity index (χ1n) is 6.94. The van der Waals surface area contributed by atoms with Crippen molar-refractivity contribution in [3.05, 3.63) is 21.1 Å². The van der Waals surface area contributed by atoms with E-state index in [2.05, 4.69) is 20.6 Å². The summed E-state index contributed by atoms with van der Waals surface area (Å²) in [6.07, 6.45) is 2.26. The molecule has 7 heteroatoms. The van der Waals surface area contributed by atoms with Gasteiger partial charge >= 0.3 is 0 Å². The highest BCUT2D eigenvalue weighted by Gasteiger charge is 2.25. The van der Waals surface area contributed by atoms with Crippen molar-refractivity contribution in [1.29, 1.82) is 0 Å². The molecule has 6 nitrogen and oxygen atoms in total. The number of nitrogens with one attached hydrogen (secondary N) is 1. The van der Waals surface area contributed by atoms with Crippen LogP contribution in [-0.4, -0.2) is 32.9 Å². The predicted molar refractivity (Wildman–Crippen MR) is 78.5 cm³/mol. The molecular formula is C13H19N5OS. The van der Waals surface area contributed by atoms with Crippen LogP contribution in [0.5, 0.6) is 0 Å². The van der Waals surface area contributed by atoms with E-state index in [4.69, 9.17) is 0 Å². The highest BCUT2D eigenvalue weighted by molar-refractivity contribution is 7.16. The minimum absolute atomic E-state index is 0.145. The lowest BCUT2D eigenvalue weighted by molar-refractivity contribution is 0.456. The topological polar surface area (TPSA) is 72.2 Å². The van der Waals surface area contributed by atoms with Crippen LogP contribution in [-0.2, 0) is 5.41 Å². The Balaban J connectivity index is 2.07. The van der Waals surface area contributed by atoms with Crippen molar-refractivity contribution in [2.75, 3.05) is 13.1 Å². The Morgan fingerprint density at radius 2 is 2.15 bits per heavy atom. The van der Waals surface area contributed by atoms with Crippen LogP contribution in [0.25, 0.3) is 4.96 Å². The Hall–Kier alpha value is -1.34. The lowest BCUT2D eigenvalue weighted by Crippen LogP contribution is -2.31. The van der Waals surface area contributed by atoms with E-state index in [0.717, 1.165) is 30.9 Å². The quantitative estimate of drug-likeness (QED) is 0.858. The van der Waals surface area contributed by atoms with Gasteiger partial charge in [-0.05, 0) is 19.4 Å². The number of piperidine rings is 1. The second-order valence-electron chi connectivity index (χ2n) is 6.28. The summed E-state index contributed by atoms with van der Waals surface area (Å²) in [6.45, 7) is 7.87. The van der Waals surface area contributed by atoms with Crippen molar-refractivity contribution in [1.82, 2.24) is 25.1 Å². The molecule has 1 fully saturated rings. The zero-order chi connectivity index (χ0) is 14.3. The summed E-state index contributed by atoms with van der Waals surface area (Å²) < 4.78 is 1.42. The molecule has 0 saturated carbocycles. The van der Waals surface area contributed by atoms with Crippen LogP contribution in [0.2, 0.25) is 0 Å². The number of rotatable bonds is 1. The van der Waals surface area contributed by atoms with Gasteiger partial charge in [-0.3, -0.25) is 4.79 Å². The number of hydrogen-bond donors (Lipinski definition) is 1. The molecule has 1 N–H and O–H groups in total. The van der Waals surface area contributed by atoms with E-state index in [-0.39, 0.29) is 11.0 Å². The van der Waals surface area contributed by atoms with Gasteiger partial charge in [0.1, 0.15) is 10.7 Å². The highest BCUT2D eigenvalue weighted by atomic mass is 32.1. The minimum Gasteiger partial charge on any atom is -0.316 e. The molecule has 3 rings (SSSR count). The number of nitrogens with zero attached hydrogens (tertiary/aromatic N) is 4. The summed E-state index contributed by atoms with van der Waals surface area (Å²) in [4.78, 5) is 13.0. The zero-order valence-electron chi connectivity index (χ0n) is 12.0. The zero-order valence-corrected chi connectivity index (χ0v) is 12.8. The molecule has 1 aliphatic rings. The Morgan fingerprint density at radius 1 is 1.35 bits per heavy atom. The second kappa shape index (κ2) is 4.89. The Kier molecular flexibility index (Phi) is 3.33. The molecule has 0 aliphatic carbocycles. The van der Waals surface area contributed by atoms with Crippen molar-refractivity contribution in [3.8, 4) is 0 Å². The van der Waals surface area contributed by atoms with Crippen LogP contribution in [0.15, 0.2) is 4.79 Å². The van der Waals surface area contributed by atoms with Crippen LogP contribution in [0.1, 0.15) is 50.2 Å². The van der Waals surface area contributed by atoms with E-state index >= 15 is 0 Å². The molecule has 20 heavy (non-hydrogen) atoms. The summed E-state index contributed by atoms with van der Waals surface area (Å²) >= 11 is 1.48. The maximum atomic E-state index is 12.5. The van der Waals surface area contributed by atoms with Crippen LogP contribution in [0.4, 0.5) is 0 Å². The molecule has 1 atom stereocenters. The Morgan fingerprint density at radius 3 is 2.80 bits per heavy atom. The van der Waals surface area contributed by atoms with Gasteiger partial charge in [0, 0.05) is 17.9 Å². The first-order valence-corrected chi connectivity index (χ1v) is 7.76. The molecule has 0 aromatic carbocycles. The van der Waals surface area contributed by atoms with E-state index in [0.29, 0.717) is 16.6 Å². The molecule has 1 saturated heterocycles. The summed E-state index contributed by atoms with van der Waals surface area (Å²) in [5.74, 6) is 0.382. The lowest BCUT2D eigenvalue weighted by atomic mass is 9.93. The van der Waals surface area contributed by atoms with Gasteiger partial charge in [0.15, 0.2) is 0 Å². The van der Waals surface area contributed by atoms with Crippen LogP contribution < -0.4 is 10.9 Å². The van der Waals surface area contributed by atoms with Crippen LogP contribution in [0, 0.1) is 0 Å².